The monoisotopic (exact) mass is 328 g/mol. The topological polar surface area (TPSA) is 20.2 Å². The molecule has 0 saturated carbocycles. The van der Waals surface area contributed by atoms with Crippen LogP contribution in [0.2, 0.25) is 0 Å². The summed E-state index contributed by atoms with van der Waals surface area (Å²) in [5, 5.41) is 12.0. The SMILES string of the molecule is OC(CSc1ccc(Br)cc1)Cc1cccs1. The van der Waals surface area contributed by atoms with Gasteiger partial charge in [0.25, 0.3) is 0 Å². The smallest absolute Gasteiger partial charge is 0.0682 e. The molecule has 1 heterocycles. The quantitative estimate of drug-likeness (QED) is 0.830. The number of halogens is 1. The third kappa shape index (κ3) is 4.47. The molecule has 1 aromatic heterocycles. The normalized spacial score (nSPS) is 12.6. The van der Waals surface area contributed by atoms with Crippen LogP contribution in [0.4, 0.5) is 0 Å². The largest absolute Gasteiger partial charge is 0.392 e. The number of thioether (sulfide) groups is 1. The van der Waals surface area contributed by atoms with E-state index in [0.29, 0.717) is 0 Å². The lowest BCUT2D eigenvalue weighted by Gasteiger charge is -2.08. The van der Waals surface area contributed by atoms with Gasteiger partial charge in [-0.3, -0.25) is 0 Å². The Morgan fingerprint density at radius 1 is 1.24 bits per heavy atom. The van der Waals surface area contributed by atoms with Crippen LogP contribution in [0.5, 0.6) is 0 Å². The molecule has 1 aromatic carbocycles. The van der Waals surface area contributed by atoms with Gasteiger partial charge < -0.3 is 5.11 Å². The molecular weight excluding hydrogens is 316 g/mol. The van der Waals surface area contributed by atoms with Gasteiger partial charge in [-0.25, -0.2) is 0 Å². The van der Waals surface area contributed by atoms with E-state index in [1.54, 1.807) is 23.1 Å². The van der Waals surface area contributed by atoms with Crippen molar-refractivity contribution in [3.05, 3.63) is 51.1 Å². The number of hydrogen-bond acceptors (Lipinski definition) is 3. The van der Waals surface area contributed by atoms with Gasteiger partial charge in [-0.15, -0.1) is 23.1 Å². The molecule has 1 N–H and O–H groups in total. The fraction of sp³-hybridized carbons (Fsp3) is 0.231. The Balaban J connectivity index is 1.79. The Morgan fingerprint density at radius 2 is 2.00 bits per heavy atom. The molecule has 90 valence electrons. The lowest BCUT2D eigenvalue weighted by atomic mass is 10.2. The lowest BCUT2D eigenvalue weighted by molar-refractivity contribution is 0.201. The van der Waals surface area contributed by atoms with E-state index < -0.39 is 0 Å². The molecule has 0 bridgehead atoms. The van der Waals surface area contributed by atoms with Gasteiger partial charge in [0.05, 0.1) is 6.10 Å². The van der Waals surface area contributed by atoms with Gasteiger partial charge in [-0.2, -0.15) is 0 Å². The van der Waals surface area contributed by atoms with Crippen LogP contribution in [0.1, 0.15) is 4.88 Å². The van der Waals surface area contributed by atoms with Gasteiger partial charge in [-0.1, -0.05) is 22.0 Å². The van der Waals surface area contributed by atoms with Crippen molar-refractivity contribution in [3.63, 3.8) is 0 Å². The Kier molecular flexibility index (Phi) is 5.10. The lowest BCUT2D eigenvalue weighted by Crippen LogP contribution is -2.12. The number of aliphatic hydroxyl groups excluding tert-OH is 1. The van der Waals surface area contributed by atoms with Gasteiger partial charge >= 0.3 is 0 Å². The predicted octanol–water partition coefficient (Wildman–Crippen LogP) is 4.21. The second-order valence-electron chi connectivity index (χ2n) is 3.70. The summed E-state index contributed by atoms with van der Waals surface area (Å²) in [5.74, 6) is 0.736. The zero-order valence-electron chi connectivity index (χ0n) is 9.17. The number of benzene rings is 1. The molecule has 1 atom stereocenters. The standard InChI is InChI=1S/C13H13BrOS2/c14-10-3-5-12(6-4-10)17-9-11(15)8-13-2-1-7-16-13/h1-7,11,15H,8-9H2. The van der Waals surface area contributed by atoms with E-state index >= 15 is 0 Å². The summed E-state index contributed by atoms with van der Waals surface area (Å²) in [7, 11) is 0. The van der Waals surface area contributed by atoms with Crippen LogP contribution in [0, 0.1) is 0 Å². The molecule has 2 rings (SSSR count). The highest BCUT2D eigenvalue weighted by molar-refractivity contribution is 9.10. The summed E-state index contributed by atoms with van der Waals surface area (Å²) < 4.78 is 1.08. The second kappa shape index (κ2) is 6.59. The number of aliphatic hydroxyl groups is 1. The summed E-state index contributed by atoms with van der Waals surface area (Å²) in [5.41, 5.74) is 0. The number of hydrogen-bond donors (Lipinski definition) is 1. The van der Waals surface area contributed by atoms with Crippen molar-refractivity contribution in [2.75, 3.05) is 5.75 Å². The minimum absolute atomic E-state index is 0.276. The summed E-state index contributed by atoms with van der Waals surface area (Å²) in [6, 6.07) is 12.3. The zero-order chi connectivity index (χ0) is 12.1. The molecule has 0 aliphatic carbocycles. The highest BCUT2D eigenvalue weighted by atomic mass is 79.9. The Morgan fingerprint density at radius 3 is 2.65 bits per heavy atom. The Hall–Kier alpha value is -0.290. The van der Waals surface area contributed by atoms with Gasteiger partial charge in [0, 0.05) is 26.4 Å². The van der Waals surface area contributed by atoms with Crippen molar-refractivity contribution < 1.29 is 5.11 Å². The van der Waals surface area contributed by atoms with E-state index in [1.807, 2.05) is 23.6 Å². The van der Waals surface area contributed by atoms with E-state index in [9.17, 15) is 5.11 Å². The molecule has 0 aliphatic heterocycles. The molecule has 1 unspecified atom stereocenters. The Labute approximate surface area is 118 Å². The highest BCUT2D eigenvalue weighted by Gasteiger charge is 2.07. The minimum atomic E-state index is -0.276. The van der Waals surface area contributed by atoms with Crippen LogP contribution in [-0.2, 0) is 6.42 Å². The van der Waals surface area contributed by atoms with Crippen molar-refractivity contribution >= 4 is 39.0 Å². The third-order valence-corrected chi connectivity index (χ3v) is 4.86. The molecular formula is C13H13BrOS2. The van der Waals surface area contributed by atoms with E-state index in [-0.39, 0.29) is 6.10 Å². The van der Waals surface area contributed by atoms with Crippen molar-refractivity contribution in [1.82, 2.24) is 0 Å². The average Bonchev–Trinajstić information content (AvgIpc) is 2.81. The molecule has 0 fully saturated rings. The summed E-state index contributed by atoms with van der Waals surface area (Å²) in [6.07, 6.45) is 0.476. The molecule has 1 nitrogen and oxygen atoms in total. The van der Waals surface area contributed by atoms with Crippen molar-refractivity contribution in [3.8, 4) is 0 Å². The molecule has 17 heavy (non-hydrogen) atoms. The van der Waals surface area contributed by atoms with Gasteiger partial charge in [-0.05, 0) is 35.7 Å². The van der Waals surface area contributed by atoms with Crippen molar-refractivity contribution in [2.24, 2.45) is 0 Å². The summed E-state index contributed by atoms with van der Waals surface area (Å²) in [6.45, 7) is 0. The van der Waals surface area contributed by atoms with Gasteiger partial charge in [0.2, 0.25) is 0 Å². The second-order valence-corrected chi connectivity index (χ2v) is 6.74. The van der Waals surface area contributed by atoms with Crippen LogP contribution >= 0.6 is 39.0 Å². The summed E-state index contributed by atoms with van der Waals surface area (Å²) in [4.78, 5) is 2.44. The van der Waals surface area contributed by atoms with Crippen LogP contribution in [0.25, 0.3) is 0 Å². The fourth-order valence-electron chi connectivity index (χ4n) is 1.44. The maximum absolute atomic E-state index is 9.91. The Bertz CT molecular complexity index is 439. The van der Waals surface area contributed by atoms with Crippen LogP contribution in [0.15, 0.2) is 51.1 Å². The first kappa shape index (κ1) is 13.1. The van der Waals surface area contributed by atoms with E-state index in [1.165, 1.54) is 9.77 Å². The van der Waals surface area contributed by atoms with Crippen molar-refractivity contribution in [1.29, 1.82) is 0 Å². The van der Waals surface area contributed by atoms with Gasteiger partial charge in [0.15, 0.2) is 0 Å². The van der Waals surface area contributed by atoms with Crippen LogP contribution < -0.4 is 0 Å². The highest BCUT2D eigenvalue weighted by Crippen LogP contribution is 2.22. The van der Waals surface area contributed by atoms with Crippen LogP contribution in [0.3, 0.4) is 0 Å². The third-order valence-electron chi connectivity index (χ3n) is 2.27. The number of thiophene rings is 1. The average molecular weight is 329 g/mol. The van der Waals surface area contributed by atoms with Crippen LogP contribution in [-0.4, -0.2) is 17.0 Å². The zero-order valence-corrected chi connectivity index (χ0v) is 12.4. The fourth-order valence-corrected chi connectivity index (χ4v) is 3.32. The van der Waals surface area contributed by atoms with E-state index in [4.69, 9.17) is 0 Å². The molecule has 0 spiro atoms. The van der Waals surface area contributed by atoms with Crippen molar-refractivity contribution in [2.45, 2.75) is 17.4 Å². The molecule has 4 heteroatoms. The van der Waals surface area contributed by atoms with E-state index in [2.05, 4.69) is 34.1 Å². The molecule has 0 aliphatic rings. The first-order valence-electron chi connectivity index (χ1n) is 5.33. The van der Waals surface area contributed by atoms with Gasteiger partial charge in [0.1, 0.15) is 0 Å². The molecule has 0 amide bonds. The molecule has 0 radical (unpaired) electrons. The maximum atomic E-state index is 9.91. The predicted molar refractivity (Wildman–Crippen MR) is 78.9 cm³/mol. The number of rotatable bonds is 5. The molecule has 2 aromatic rings. The molecule has 0 saturated heterocycles. The first-order valence-corrected chi connectivity index (χ1v) is 7.98. The van der Waals surface area contributed by atoms with E-state index in [0.717, 1.165) is 16.6 Å². The summed E-state index contributed by atoms with van der Waals surface area (Å²) >= 11 is 6.80. The maximum Gasteiger partial charge on any atom is 0.0682 e. The first-order chi connectivity index (χ1) is 8.24. The minimum Gasteiger partial charge on any atom is -0.392 e.